The van der Waals surface area contributed by atoms with Gasteiger partial charge in [0.2, 0.25) is 5.89 Å². The molecule has 1 saturated heterocycles. The summed E-state index contributed by atoms with van der Waals surface area (Å²) < 4.78 is 44.0. The number of anilines is 1. The van der Waals surface area contributed by atoms with E-state index in [0.29, 0.717) is 35.4 Å². The van der Waals surface area contributed by atoms with Crippen LogP contribution in [0.5, 0.6) is 0 Å². The zero-order chi connectivity index (χ0) is 23.0. The van der Waals surface area contributed by atoms with Gasteiger partial charge in [-0.15, -0.1) is 0 Å². The van der Waals surface area contributed by atoms with Crippen LogP contribution in [-0.4, -0.2) is 45.4 Å². The van der Waals surface area contributed by atoms with Crippen LogP contribution in [0, 0.1) is 11.3 Å². The van der Waals surface area contributed by atoms with Crippen molar-refractivity contribution in [2.75, 3.05) is 11.9 Å². The van der Waals surface area contributed by atoms with Gasteiger partial charge in [0.05, 0.1) is 23.4 Å². The second-order valence-corrected chi connectivity index (χ2v) is 9.34. The summed E-state index contributed by atoms with van der Waals surface area (Å²) in [4.78, 5) is 23.7. The molecule has 6 rings (SSSR count). The van der Waals surface area contributed by atoms with Crippen LogP contribution in [0.25, 0.3) is 5.70 Å². The van der Waals surface area contributed by atoms with Gasteiger partial charge in [-0.2, -0.15) is 13.2 Å². The Balaban J connectivity index is 1.24. The van der Waals surface area contributed by atoms with E-state index in [0.717, 1.165) is 25.1 Å². The third kappa shape index (κ3) is 3.14. The van der Waals surface area contributed by atoms with Crippen LogP contribution in [0.2, 0.25) is 0 Å². The van der Waals surface area contributed by atoms with Gasteiger partial charge < -0.3 is 20.0 Å². The first-order chi connectivity index (χ1) is 15.8. The fourth-order valence-corrected chi connectivity index (χ4v) is 5.73. The molecule has 5 unspecified atom stereocenters. The van der Waals surface area contributed by atoms with E-state index >= 15 is 0 Å². The molecule has 10 heteroatoms. The van der Waals surface area contributed by atoms with E-state index in [4.69, 9.17) is 4.42 Å². The quantitative estimate of drug-likeness (QED) is 0.732. The fraction of sp³-hybridized carbons (Fsp3) is 0.435. The first-order valence-corrected chi connectivity index (χ1v) is 11.0. The number of aromatic nitrogens is 2. The molecule has 1 amide bonds. The van der Waals surface area contributed by atoms with Gasteiger partial charge in [0.25, 0.3) is 5.91 Å². The van der Waals surface area contributed by atoms with Crippen molar-refractivity contribution in [2.24, 2.45) is 11.3 Å². The van der Waals surface area contributed by atoms with E-state index in [2.05, 4.69) is 20.6 Å². The summed E-state index contributed by atoms with van der Waals surface area (Å²) in [6.07, 6.45) is 5.13. The minimum absolute atomic E-state index is 0.0230. The van der Waals surface area contributed by atoms with Crippen LogP contribution in [0.4, 0.5) is 19.0 Å². The highest BCUT2D eigenvalue weighted by Crippen LogP contribution is 2.71. The molecule has 2 aromatic rings. The Hall–Kier alpha value is -3.30. The van der Waals surface area contributed by atoms with Gasteiger partial charge in [-0.1, -0.05) is 6.08 Å². The summed E-state index contributed by atoms with van der Waals surface area (Å²) in [5, 5.41) is 6.54. The molecule has 7 nitrogen and oxygen atoms in total. The van der Waals surface area contributed by atoms with Crippen molar-refractivity contribution in [3.8, 4) is 0 Å². The number of oxazole rings is 1. The van der Waals surface area contributed by atoms with Crippen molar-refractivity contribution >= 4 is 17.4 Å². The Kier molecular flexibility index (Phi) is 4.22. The predicted molar refractivity (Wildman–Crippen MR) is 112 cm³/mol. The molecule has 0 radical (unpaired) electrons. The smallest absolute Gasteiger partial charge is 0.417 e. The van der Waals surface area contributed by atoms with Crippen molar-refractivity contribution in [3.63, 3.8) is 0 Å². The molecule has 4 heterocycles. The lowest BCUT2D eigenvalue weighted by atomic mass is 9.71. The maximum absolute atomic E-state index is 13.7. The average Bonchev–Trinajstić information content (AvgIpc) is 3.14. The fourth-order valence-electron chi connectivity index (χ4n) is 5.73. The lowest BCUT2D eigenvalue weighted by molar-refractivity contribution is -0.137. The van der Waals surface area contributed by atoms with Gasteiger partial charge in [-0.25, -0.2) is 9.97 Å². The van der Waals surface area contributed by atoms with E-state index < -0.39 is 11.7 Å². The molecule has 172 valence electrons. The molecule has 0 bridgehead atoms. The number of halogens is 3. The number of nitrogens with one attached hydrogen (secondary N) is 2. The average molecular weight is 457 g/mol. The third-order valence-electron chi connectivity index (χ3n) is 7.36. The Morgan fingerprint density at radius 1 is 1.30 bits per heavy atom. The summed E-state index contributed by atoms with van der Waals surface area (Å²) in [7, 11) is 0. The van der Waals surface area contributed by atoms with Gasteiger partial charge >= 0.3 is 6.18 Å². The number of nitrogens with zero attached hydrogens (tertiary/aromatic N) is 3. The normalized spacial score (nSPS) is 32.1. The number of dihydropyridines is 1. The monoisotopic (exact) mass is 457 g/mol. The highest BCUT2D eigenvalue weighted by Gasteiger charge is 2.75. The second kappa shape index (κ2) is 6.85. The van der Waals surface area contributed by atoms with E-state index in [9.17, 15) is 18.0 Å². The standard InChI is InChI=1S/C23H22F3N5O2/c1-12-2-4-15(18(29-12)20-27-6-7-33-20)21(32)31-11-14-8-22(14)9-16(19(22)31)30-17-5-3-13(10-28-17)23(24,25)26/h2-7,10,12,14,16,19,29H,8-9,11H2,1H3,(H,28,30). The predicted octanol–water partition coefficient (Wildman–Crippen LogP) is 3.45. The number of amides is 1. The minimum atomic E-state index is -4.42. The lowest BCUT2D eigenvalue weighted by Crippen LogP contribution is -2.60. The number of rotatable bonds is 4. The molecule has 3 fully saturated rings. The Morgan fingerprint density at radius 2 is 2.15 bits per heavy atom. The molecule has 1 spiro atoms. The van der Waals surface area contributed by atoms with Gasteiger partial charge in [-0.05, 0) is 49.3 Å². The Labute approximate surface area is 187 Å². The third-order valence-corrected chi connectivity index (χ3v) is 7.36. The van der Waals surface area contributed by atoms with E-state index in [1.54, 1.807) is 0 Å². The SMILES string of the molecule is CC1C=CC(C(=O)N2CC3CC34CC(Nc3ccc(C(F)(F)F)cn3)C24)=C(c2ncco2)N1. The molecule has 0 aromatic carbocycles. The molecule has 2 aromatic heterocycles. The number of hydrogen-bond donors (Lipinski definition) is 2. The first kappa shape index (κ1) is 20.3. The molecular formula is C23H22F3N5O2. The highest BCUT2D eigenvalue weighted by atomic mass is 19.4. The number of pyridine rings is 1. The number of hydrogen-bond acceptors (Lipinski definition) is 6. The van der Waals surface area contributed by atoms with E-state index in [1.807, 2.05) is 24.0 Å². The summed E-state index contributed by atoms with van der Waals surface area (Å²) in [5.41, 5.74) is 0.408. The van der Waals surface area contributed by atoms with E-state index in [1.165, 1.54) is 18.5 Å². The van der Waals surface area contributed by atoms with E-state index in [-0.39, 0.29) is 29.4 Å². The molecule has 2 aliphatic carbocycles. The van der Waals surface area contributed by atoms with Crippen LogP contribution >= 0.6 is 0 Å². The number of likely N-dealkylation sites (tertiary alicyclic amines) is 1. The zero-order valence-corrected chi connectivity index (χ0v) is 17.8. The Bertz CT molecular complexity index is 1160. The molecule has 5 atom stereocenters. The summed E-state index contributed by atoms with van der Waals surface area (Å²) in [6.45, 7) is 2.65. The highest BCUT2D eigenvalue weighted by molar-refractivity contribution is 6.04. The van der Waals surface area contributed by atoms with Crippen molar-refractivity contribution in [3.05, 3.63) is 60.0 Å². The summed E-state index contributed by atoms with van der Waals surface area (Å²) in [5.74, 6) is 1.12. The van der Waals surface area contributed by atoms with Crippen molar-refractivity contribution in [2.45, 2.75) is 44.1 Å². The van der Waals surface area contributed by atoms with Crippen LogP contribution in [0.15, 0.2) is 52.9 Å². The van der Waals surface area contributed by atoms with Crippen LogP contribution < -0.4 is 10.6 Å². The topological polar surface area (TPSA) is 83.3 Å². The zero-order valence-electron chi connectivity index (χ0n) is 17.8. The van der Waals surface area contributed by atoms with Gasteiger partial charge in [0.1, 0.15) is 17.8 Å². The number of carbonyl (C=O) groups excluding carboxylic acids is 1. The summed E-state index contributed by atoms with van der Waals surface area (Å²) >= 11 is 0. The molecule has 2 saturated carbocycles. The van der Waals surface area contributed by atoms with Crippen LogP contribution in [-0.2, 0) is 11.0 Å². The molecule has 2 aliphatic heterocycles. The van der Waals surface area contributed by atoms with Gasteiger partial charge in [0.15, 0.2) is 0 Å². The van der Waals surface area contributed by atoms with Crippen molar-refractivity contribution in [1.82, 2.24) is 20.2 Å². The first-order valence-electron chi connectivity index (χ1n) is 11.0. The molecular weight excluding hydrogens is 435 g/mol. The van der Waals surface area contributed by atoms with Crippen LogP contribution in [0.3, 0.4) is 0 Å². The van der Waals surface area contributed by atoms with Gasteiger partial charge in [-0.3, -0.25) is 4.79 Å². The molecule has 33 heavy (non-hydrogen) atoms. The molecule has 4 aliphatic rings. The van der Waals surface area contributed by atoms with Crippen LogP contribution in [0.1, 0.15) is 31.2 Å². The maximum atomic E-state index is 13.7. The lowest BCUT2D eigenvalue weighted by Gasteiger charge is -2.48. The van der Waals surface area contributed by atoms with Gasteiger partial charge in [0, 0.05) is 24.8 Å². The summed E-state index contributed by atoms with van der Waals surface area (Å²) in [6, 6.07) is 2.32. The largest absolute Gasteiger partial charge is 0.443 e. The molecule has 2 N–H and O–H groups in total. The van der Waals surface area contributed by atoms with Crippen molar-refractivity contribution in [1.29, 1.82) is 0 Å². The number of alkyl halides is 3. The Morgan fingerprint density at radius 3 is 2.85 bits per heavy atom. The number of carbonyl (C=O) groups is 1. The maximum Gasteiger partial charge on any atom is 0.417 e. The second-order valence-electron chi connectivity index (χ2n) is 9.34. The van der Waals surface area contributed by atoms with Crippen molar-refractivity contribution < 1.29 is 22.4 Å². The number of piperidine rings is 1. The minimum Gasteiger partial charge on any atom is -0.443 e.